The monoisotopic (exact) mass is 285 g/mol. The fraction of sp³-hybridized carbons (Fsp3) is 0.150. The van der Waals surface area contributed by atoms with Crippen LogP contribution in [0.2, 0.25) is 0 Å². The van der Waals surface area contributed by atoms with Crippen LogP contribution in [0.3, 0.4) is 0 Å². The van der Waals surface area contributed by atoms with Crippen LogP contribution in [0.1, 0.15) is 40.5 Å². The molecule has 0 amide bonds. The zero-order chi connectivity index (χ0) is 14.7. The molecule has 0 radical (unpaired) electrons. The normalized spacial score (nSPS) is 15.7. The number of fused-ring (bicyclic) bond motifs is 3. The fourth-order valence-electron chi connectivity index (χ4n) is 3.54. The molecule has 0 saturated heterocycles. The van der Waals surface area contributed by atoms with Gasteiger partial charge in [-0.25, -0.2) is 0 Å². The molecule has 22 heavy (non-hydrogen) atoms. The number of carbonyl (C=O) groups is 1. The third-order valence-electron chi connectivity index (χ3n) is 4.72. The van der Waals surface area contributed by atoms with Gasteiger partial charge in [-0.2, -0.15) is 0 Å². The second-order valence-electron chi connectivity index (χ2n) is 6.15. The highest BCUT2D eigenvalue weighted by Crippen LogP contribution is 2.47. The minimum Gasteiger partial charge on any atom is -0.310 e. The van der Waals surface area contributed by atoms with Crippen LogP contribution in [0.25, 0.3) is 16.8 Å². The Labute approximate surface area is 129 Å². The molecule has 1 aromatic heterocycles. The minimum absolute atomic E-state index is 0.154. The highest BCUT2D eigenvalue weighted by atomic mass is 16.1. The van der Waals surface area contributed by atoms with Gasteiger partial charge in [0.15, 0.2) is 0 Å². The van der Waals surface area contributed by atoms with Crippen molar-refractivity contribution in [3.8, 4) is 16.8 Å². The predicted molar refractivity (Wildman–Crippen MR) is 86.6 cm³/mol. The highest BCUT2D eigenvalue weighted by Gasteiger charge is 2.36. The second kappa shape index (κ2) is 4.20. The fourth-order valence-corrected chi connectivity index (χ4v) is 3.54. The first-order valence-corrected chi connectivity index (χ1v) is 7.80. The van der Waals surface area contributed by atoms with Crippen molar-refractivity contribution in [2.75, 3.05) is 0 Å². The number of nitrogens with zero attached hydrogens (tertiary/aromatic N) is 1. The number of aromatic nitrogens is 1. The van der Waals surface area contributed by atoms with E-state index in [1.807, 2.05) is 36.4 Å². The molecule has 2 aromatic carbocycles. The maximum atomic E-state index is 12.9. The van der Waals surface area contributed by atoms with E-state index in [1.165, 1.54) is 18.5 Å². The SMILES string of the molecule is O=C1c2ccccc2-c2cc(C3CC3)n(-c3ccccc3)c21. The Bertz CT molecular complexity index is 901. The van der Waals surface area contributed by atoms with Gasteiger partial charge in [0.25, 0.3) is 0 Å². The molecule has 5 rings (SSSR count). The van der Waals surface area contributed by atoms with E-state index in [4.69, 9.17) is 0 Å². The Morgan fingerprint density at radius 2 is 1.50 bits per heavy atom. The third-order valence-corrected chi connectivity index (χ3v) is 4.72. The molecule has 2 aliphatic carbocycles. The van der Waals surface area contributed by atoms with Crippen LogP contribution < -0.4 is 0 Å². The van der Waals surface area contributed by atoms with Gasteiger partial charge in [-0.05, 0) is 42.5 Å². The molecule has 0 spiro atoms. The molecule has 1 saturated carbocycles. The van der Waals surface area contributed by atoms with Crippen molar-refractivity contribution in [2.24, 2.45) is 0 Å². The Morgan fingerprint density at radius 3 is 2.23 bits per heavy atom. The van der Waals surface area contributed by atoms with E-state index in [0.717, 1.165) is 28.1 Å². The molecule has 1 fully saturated rings. The van der Waals surface area contributed by atoms with Crippen LogP contribution in [-0.2, 0) is 0 Å². The van der Waals surface area contributed by atoms with Gasteiger partial charge in [-0.15, -0.1) is 0 Å². The molecular weight excluding hydrogens is 270 g/mol. The Kier molecular flexibility index (Phi) is 2.29. The van der Waals surface area contributed by atoms with E-state index in [0.29, 0.717) is 5.92 Å². The first-order chi connectivity index (χ1) is 10.8. The quantitative estimate of drug-likeness (QED) is 0.529. The van der Waals surface area contributed by atoms with E-state index >= 15 is 0 Å². The summed E-state index contributed by atoms with van der Waals surface area (Å²) in [6.45, 7) is 0. The van der Waals surface area contributed by atoms with Crippen LogP contribution in [0.5, 0.6) is 0 Å². The summed E-state index contributed by atoms with van der Waals surface area (Å²) in [5.74, 6) is 0.757. The van der Waals surface area contributed by atoms with Gasteiger partial charge in [0.2, 0.25) is 5.78 Å². The lowest BCUT2D eigenvalue weighted by Gasteiger charge is -2.11. The smallest absolute Gasteiger partial charge is 0.211 e. The van der Waals surface area contributed by atoms with Crippen molar-refractivity contribution < 1.29 is 4.79 Å². The van der Waals surface area contributed by atoms with Gasteiger partial charge in [0.05, 0.1) is 0 Å². The summed E-state index contributed by atoms with van der Waals surface area (Å²) in [4.78, 5) is 12.9. The third kappa shape index (κ3) is 1.52. The number of benzene rings is 2. The summed E-state index contributed by atoms with van der Waals surface area (Å²) in [6, 6.07) is 20.4. The van der Waals surface area contributed by atoms with Gasteiger partial charge in [0, 0.05) is 22.5 Å². The topological polar surface area (TPSA) is 22.0 Å². The molecule has 3 aromatic rings. The molecular formula is C20H15NO. The molecule has 2 nitrogen and oxygen atoms in total. The maximum absolute atomic E-state index is 12.9. The predicted octanol–water partition coefficient (Wildman–Crippen LogP) is 4.57. The Balaban J connectivity index is 1.83. The summed E-state index contributed by atoms with van der Waals surface area (Å²) in [7, 11) is 0. The molecule has 0 atom stereocenters. The zero-order valence-electron chi connectivity index (χ0n) is 12.1. The number of para-hydroxylation sites is 1. The van der Waals surface area contributed by atoms with Crippen LogP contribution in [0.4, 0.5) is 0 Å². The van der Waals surface area contributed by atoms with Gasteiger partial charge in [-0.1, -0.05) is 42.5 Å². The van der Waals surface area contributed by atoms with E-state index in [-0.39, 0.29) is 5.78 Å². The standard InChI is InChI=1S/C20H15NO/c22-20-16-9-5-4-8-15(16)17-12-18(13-10-11-13)21(19(17)20)14-6-2-1-3-7-14/h1-9,12-13H,10-11H2. The van der Waals surface area contributed by atoms with Gasteiger partial charge in [0.1, 0.15) is 5.69 Å². The molecule has 106 valence electrons. The van der Waals surface area contributed by atoms with Crippen molar-refractivity contribution in [3.63, 3.8) is 0 Å². The largest absolute Gasteiger partial charge is 0.310 e. The van der Waals surface area contributed by atoms with Gasteiger partial charge >= 0.3 is 0 Å². The van der Waals surface area contributed by atoms with Crippen molar-refractivity contribution in [3.05, 3.63) is 77.6 Å². The van der Waals surface area contributed by atoms with Gasteiger partial charge < -0.3 is 4.57 Å². The lowest BCUT2D eigenvalue weighted by molar-refractivity contribution is 0.103. The number of ketones is 1. The van der Waals surface area contributed by atoms with Crippen LogP contribution in [0.15, 0.2) is 60.7 Å². The number of carbonyl (C=O) groups excluding carboxylic acids is 1. The van der Waals surface area contributed by atoms with E-state index < -0.39 is 0 Å². The van der Waals surface area contributed by atoms with Crippen LogP contribution >= 0.6 is 0 Å². The van der Waals surface area contributed by atoms with Crippen molar-refractivity contribution >= 4 is 5.78 Å². The van der Waals surface area contributed by atoms with Crippen LogP contribution in [0, 0.1) is 0 Å². The molecule has 0 bridgehead atoms. The Hall–Kier alpha value is -2.61. The molecule has 1 heterocycles. The summed E-state index contributed by atoms with van der Waals surface area (Å²) < 4.78 is 2.19. The van der Waals surface area contributed by atoms with E-state index in [9.17, 15) is 4.79 Å². The first kappa shape index (κ1) is 12.0. The van der Waals surface area contributed by atoms with Gasteiger partial charge in [-0.3, -0.25) is 4.79 Å². The summed E-state index contributed by atoms with van der Waals surface area (Å²) in [5, 5.41) is 0. The number of hydrogen-bond acceptors (Lipinski definition) is 1. The minimum atomic E-state index is 0.154. The van der Waals surface area contributed by atoms with Crippen LogP contribution in [-0.4, -0.2) is 10.4 Å². The lowest BCUT2D eigenvalue weighted by Crippen LogP contribution is -2.08. The summed E-state index contributed by atoms with van der Waals surface area (Å²) in [6.07, 6.45) is 2.46. The average Bonchev–Trinajstić information content (AvgIpc) is 3.29. The molecule has 2 heteroatoms. The molecule has 0 N–H and O–H groups in total. The van der Waals surface area contributed by atoms with E-state index in [1.54, 1.807) is 0 Å². The van der Waals surface area contributed by atoms with Crippen molar-refractivity contribution in [2.45, 2.75) is 18.8 Å². The lowest BCUT2D eigenvalue weighted by atomic mass is 10.1. The summed E-state index contributed by atoms with van der Waals surface area (Å²) >= 11 is 0. The van der Waals surface area contributed by atoms with Crippen molar-refractivity contribution in [1.82, 2.24) is 4.57 Å². The molecule has 0 unspecified atom stereocenters. The first-order valence-electron chi connectivity index (χ1n) is 7.80. The molecule has 0 aliphatic heterocycles. The Morgan fingerprint density at radius 1 is 0.818 bits per heavy atom. The van der Waals surface area contributed by atoms with E-state index in [2.05, 4.69) is 28.8 Å². The average molecular weight is 285 g/mol. The second-order valence-corrected chi connectivity index (χ2v) is 6.15. The number of rotatable bonds is 2. The van der Waals surface area contributed by atoms with Crippen molar-refractivity contribution in [1.29, 1.82) is 0 Å². The molecule has 2 aliphatic rings. The summed E-state index contributed by atoms with van der Waals surface area (Å²) in [5.41, 5.74) is 6.24. The zero-order valence-corrected chi connectivity index (χ0v) is 12.1. The number of hydrogen-bond donors (Lipinski definition) is 0. The maximum Gasteiger partial charge on any atom is 0.211 e. The highest BCUT2D eigenvalue weighted by molar-refractivity contribution is 6.21.